The summed E-state index contributed by atoms with van der Waals surface area (Å²) in [5.74, 6) is -0.147. The van der Waals surface area contributed by atoms with E-state index in [1.807, 2.05) is 26.8 Å². The fraction of sp³-hybridized carbons (Fsp3) is 0.231. The number of amides is 1. The fourth-order valence-electron chi connectivity index (χ4n) is 1.57. The molecule has 2 heterocycles. The molecule has 0 spiro atoms. The van der Waals surface area contributed by atoms with Crippen molar-refractivity contribution in [3.05, 3.63) is 37.9 Å². The molecule has 0 radical (unpaired) electrons. The van der Waals surface area contributed by atoms with Crippen LogP contribution in [0.15, 0.2) is 12.1 Å². The molecule has 0 bridgehead atoms. The second-order valence-electron chi connectivity index (χ2n) is 3.96. The molecule has 5 heteroatoms. The standard InChI is InChI=1S/C13H12N2OS2/c1-7-4-5-11(17-7)12(16)15-13-10(6-14)8(2)9(3)18-13/h4-5H,1-3H3,(H,15,16). The van der Waals surface area contributed by atoms with E-state index in [0.717, 1.165) is 15.3 Å². The smallest absolute Gasteiger partial charge is 0.266 e. The normalized spacial score (nSPS) is 10.1. The Morgan fingerprint density at radius 1 is 1.28 bits per heavy atom. The first-order valence-corrected chi connectivity index (χ1v) is 7.04. The van der Waals surface area contributed by atoms with E-state index in [2.05, 4.69) is 11.4 Å². The van der Waals surface area contributed by atoms with Crippen LogP contribution in [0, 0.1) is 32.1 Å². The number of anilines is 1. The van der Waals surface area contributed by atoms with Crippen molar-refractivity contribution in [3.8, 4) is 6.07 Å². The van der Waals surface area contributed by atoms with Gasteiger partial charge in [-0.2, -0.15) is 5.26 Å². The van der Waals surface area contributed by atoms with Gasteiger partial charge in [0.15, 0.2) is 0 Å². The molecule has 0 saturated heterocycles. The largest absolute Gasteiger partial charge is 0.312 e. The van der Waals surface area contributed by atoms with Crippen molar-refractivity contribution in [1.29, 1.82) is 5.26 Å². The fourth-order valence-corrected chi connectivity index (χ4v) is 3.34. The van der Waals surface area contributed by atoms with E-state index in [0.29, 0.717) is 15.4 Å². The number of aryl methyl sites for hydroxylation is 2. The number of carbonyl (C=O) groups is 1. The topological polar surface area (TPSA) is 52.9 Å². The lowest BCUT2D eigenvalue weighted by atomic mass is 10.2. The molecule has 1 N–H and O–H groups in total. The maximum Gasteiger partial charge on any atom is 0.266 e. The molecule has 2 aromatic heterocycles. The first kappa shape index (κ1) is 12.8. The van der Waals surface area contributed by atoms with Crippen LogP contribution in [0.4, 0.5) is 5.00 Å². The summed E-state index contributed by atoms with van der Waals surface area (Å²) in [4.78, 5) is 14.8. The van der Waals surface area contributed by atoms with Crippen LogP contribution in [0.25, 0.3) is 0 Å². The molecular weight excluding hydrogens is 264 g/mol. The minimum atomic E-state index is -0.147. The summed E-state index contributed by atoms with van der Waals surface area (Å²) < 4.78 is 0. The lowest BCUT2D eigenvalue weighted by Crippen LogP contribution is -2.09. The number of thiophene rings is 2. The van der Waals surface area contributed by atoms with Crippen LogP contribution in [0.3, 0.4) is 0 Å². The highest BCUT2D eigenvalue weighted by molar-refractivity contribution is 7.17. The van der Waals surface area contributed by atoms with Crippen molar-refractivity contribution >= 4 is 33.6 Å². The third kappa shape index (κ3) is 2.30. The molecule has 0 unspecified atom stereocenters. The second kappa shape index (κ2) is 4.92. The second-order valence-corrected chi connectivity index (χ2v) is 6.48. The van der Waals surface area contributed by atoms with Crippen molar-refractivity contribution in [1.82, 2.24) is 0 Å². The Morgan fingerprint density at radius 2 is 2.00 bits per heavy atom. The molecule has 0 aliphatic rings. The quantitative estimate of drug-likeness (QED) is 0.905. The average Bonchev–Trinajstić information content (AvgIpc) is 2.85. The van der Waals surface area contributed by atoms with Crippen LogP contribution >= 0.6 is 22.7 Å². The van der Waals surface area contributed by atoms with Crippen molar-refractivity contribution in [2.24, 2.45) is 0 Å². The maximum absolute atomic E-state index is 12.0. The lowest BCUT2D eigenvalue weighted by Gasteiger charge is -2.00. The van der Waals surface area contributed by atoms with Crippen molar-refractivity contribution in [3.63, 3.8) is 0 Å². The first-order valence-electron chi connectivity index (χ1n) is 5.40. The Morgan fingerprint density at radius 3 is 2.56 bits per heavy atom. The van der Waals surface area contributed by atoms with Crippen LogP contribution in [0.2, 0.25) is 0 Å². The number of hydrogen-bond donors (Lipinski definition) is 1. The van der Waals surface area contributed by atoms with Gasteiger partial charge in [-0.25, -0.2) is 0 Å². The van der Waals surface area contributed by atoms with Gasteiger partial charge in [0.05, 0.1) is 10.4 Å². The molecule has 18 heavy (non-hydrogen) atoms. The lowest BCUT2D eigenvalue weighted by molar-refractivity contribution is 0.103. The molecule has 92 valence electrons. The van der Waals surface area contributed by atoms with Gasteiger partial charge >= 0.3 is 0 Å². The van der Waals surface area contributed by atoms with Gasteiger partial charge in [0.25, 0.3) is 5.91 Å². The van der Waals surface area contributed by atoms with Gasteiger partial charge in [0.2, 0.25) is 0 Å². The van der Waals surface area contributed by atoms with Crippen molar-refractivity contribution in [2.45, 2.75) is 20.8 Å². The van der Waals surface area contributed by atoms with E-state index in [9.17, 15) is 4.79 Å². The van der Waals surface area contributed by atoms with Crippen LogP contribution < -0.4 is 5.32 Å². The molecule has 2 aromatic rings. The Hall–Kier alpha value is -1.64. The number of hydrogen-bond acceptors (Lipinski definition) is 4. The van der Waals surface area contributed by atoms with Gasteiger partial charge in [-0.05, 0) is 38.5 Å². The zero-order valence-corrected chi connectivity index (χ0v) is 12.0. The molecule has 0 saturated carbocycles. The van der Waals surface area contributed by atoms with Gasteiger partial charge in [-0.15, -0.1) is 22.7 Å². The highest BCUT2D eigenvalue weighted by atomic mass is 32.1. The number of nitrogens with zero attached hydrogens (tertiary/aromatic N) is 1. The molecule has 3 nitrogen and oxygen atoms in total. The molecule has 0 atom stereocenters. The predicted molar refractivity (Wildman–Crippen MR) is 75.5 cm³/mol. The zero-order chi connectivity index (χ0) is 13.3. The Labute approximate surface area is 114 Å². The Balaban J connectivity index is 2.28. The summed E-state index contributed by atoms with van der Waals surface area (Å²) in [5.41, 5.74) is 1.51. The summed E-state index contributed by atoms with van der Waals surface area (Å²) in [6, 6.07) is 5.86. The van der Waals surface area contributed by atoms with Gasteiger partial charge in [-0.3, -0.25) is 4.79 Å². The average molecular weight is 276 g/mol. The van der Waals surface area contributed by atoms with Crippen molar-refractivity contribution in [2.75, 3.05) is 5.32 Å². The molecule has 2 rings (SSSR count). The van der Waals surface area contributed by atoms with Crippen LogP contribution in [-0.4, -0.2) is 5.91 Å². The minimum Gasteiger partial charge on any atom is -0.312 e. The van der Waals surface area contributed by atoms with Crippen LogP contribution in [0.5, 0.6) is 0 Å². The minimum absolute atomic E-state index is 0.147. The van der Waals surface area contributed by atoms with E-state index >= 15 is 0 Å². The predicted octanol–water partition coefficient (Wildman–Crippen LogP) is 3.86. The zero-order valence-electron chi connectivity index (χ0n) is 10.3. The highest BCUT2D eigenvalue weighted by Gasteiger charge is 2.16. The molecular formula is C13H12N2OS2. The van der Waals surface area contributed by atoms with Gasteiger partial charge in [0, 0.05) is 9.75 Å². The summed E-state index contributed by atoms with van der Waals surface area (Å²) in [6.45, 7) is 5.81. The van der Waals surface area contributed by atoms with E-state index < -0.39 is 0 Å². The molecule has 0 fully saturated rings. The van der Waals surface area contributed by atoms with Gasteiger partial charge in [-0.1, -0.05) is 0 Å². The SMILES string of the molecule is Cc1ccc(C(=O)Nc2sc(C)c(C)c2C#N)s1. The molecule has 1 amide bonds. The number of carbonyl (C=O) groups excluding carboxylic acids is 1. The summed E-state index contributed by atoms with van der Waals surface area (Å²) >= 11 is 2.89. The number of rotatable bonds is 2. The molecule has 0 aliphatic carbocycles. The third-order valence-corrected chi connectivity index (χ3v) is 4.81. The number of nitriles is 1. The van der Waals surface area contributed by atoms with E-state index in [1.165, 1.54) is 22.7 Å². The van der Waals surface area contributed by atoms with Crippen LogP contribution in [-0.2, 0) is 0 Å². The monoisotopic (exact) mass is 276 g/mol. The number of nitrogens with one attached hydrogen (secondary N) is 1. The van der Waals surface area contributed by atoms with E-state index in [4.69, 9.17) is 5.26 Å². The Kier molecular flexibility index (Phi) is 3.50. The van der Waals surface area contributed by atoms with E-state index in [1.54, 1.807) is 6.07 Å². The van der Waals surface area contributed by atoms with Gasteiger partial charge < -0.3 is 5.32 Å². The summed E-state index contributed by atoms with van der Waals surface area (Å²) in [7, 11) is 0. The first-order chi connectivity index (χ1) is 8.52. The third-order valence-electron chi connectivity index (χ3n) is 2.69. The van der Waals surface area contributed by atoms with E-state index in [-0.39, 0.29) is 5.91 Å². The van der Waals surface area contributed by atoms with Gasteiger partial charge in [0.1, 0.15) is 11.1 Å². The van der Waals surface area contributed by atoms with Crippen LogP contribution in [0.1, 0.15) is 30.6 Å². The highest BCUT2D eigenvalue weighted by Crippen LogP contribution is 2.32. The molecule has 0 aromatic carbocycles. The Bertz CT molecular complexity index is 646. The van der Waals surface area contributed by atoms with Crippen molar-refractivity contribution < 1.29 is 4.79 Å². The summed E-state index contributed by atoms with van der Waals surface area (Å²) in [5, 5.41) is 12.6. The maximum atomic E-state index is 12.0. The summed E-state index contributed by atoms with van der Waals surface area (Å²) in [6.07, 6.45) is 0. The molecule has 0 aliphatic heterocycles.